The number of hydrogen-bond donors (Lipinski definition) is 0. The van der Waals surface area contributed by atoms with Gasteiger partial charge in [0, 0.05) is 11.5 Å². The Morgan fingerprint density at radius 3 is 2.46 bits per heavy atom. The molecule has 13 heavy (non-hydrogen) atoms. The Hall–Kier alpha value is -1.32. The van der Waals surface area contributed by atoms with Crippen LogP contribution in [0.2, 0.25) is 0 Å². The number of carboxylic acid groups (broad SMARTS) is 1. The second-order valence-corrected chi connectivity index (χ2v) is 2.75. The van der Waals surface area contributed by atoms with Gasteiger partial charge < -0.3 is 14.6 Å². The summed E-state index contributed by atoms with van der Waals surface area (Å²) < 4.78 is 4.73. The van der Waals surface area contributed by atoms with Crippen molar-refractivity contribution >= 4 is 11.9 Å². The highest BCUT2D eigenvalue weighted by atomic mass is 16.5. The summed E-state index contributed by atoms with van der Waals surface area (Å²) in [6.07, 6.45) is 1.00. The maximum absolute atomic E-state index is 10.8. The highest BCUT2D eigenvalue weighted by Crippen LogP contribution is 1.97. The molecule has 4 nitrogen and oxygen atoms in total. The molecule has 0 aromatic heterocycles. The minimum absolute atomic E-state index is 0.00459. The smallest absolute Gasteiger partial charge is 0.333 e. The van der Waals surface area contributed by atoms with E-state index < -0.39 is 11.9 Å². The maximum Gasteiger partial charge on any atom is 0.333 e. The van der Waals surface area contributed by atoms with E-state index in [2.05, 4.69) is 6.58 Å². The van der Waals surface area contributed by atoms with Crippen LogP contribution in [0.25, 0.3) is 0 Å². The van der Waals surface area contributed by atoms with Crippen LogP contribution in [0.3, 0.4) is 0 Å². The second kappa shape index (κ2) is 6.22. The Kier molecular flexibility index (Phi) is 5.59. The van der Waals surface area contributed by atoms with E-state index in [9.17, 15) is 14.7 Å². The molecular formula is C9H13O4-. The van der Waals surface area contributed by atoms with Gasteiger partial charge in [-0.2, -0.15) is 0 Å². The number of aliphatic carboxylic acids is 1. The van der Waals surface area contributed by atoms with Gasteiger partial charge in [0.05, 0.1) is 6.61 Å². The van der Waals surface area contributed by atoms with Crippen molar-refractivity contribution in [1.82, 2.24) is 0 Å². The van der Waals surface area contributed by atoms with Gasteiger partial charge in [-0.05, 0) is 26.2 Å². The Morgan fingerprint density at radius 1 is 1.38 bits per heavy atom. The summed E-state index contributed by atoms with van der Waals surface area (Å²) in [7, 11) is 0. The van der Waals surface area contributed by atoms with Crippen LogP contribution in [0, 0.1) is 0 Å². The lowest BCUT2D eigenvalue weighted by Gasteiger charge is -2.04. The van der Waals surface area contributed by atoms with Gasteiger partial charge >= 0.3 is 5.97 Å². The SMILES string of the molecule is C=C(C)C(=O)OCCCCC(=O)[O-]. The molecule has 0 bridgehead atoms. The van der Waals surface area contributed by atoms with Gasteiger partial charge in [-0.1, -0.05) is 6.58 Å². The molecule has 0 radical (unpaired) electrons. The van der Waals surface area contributed by atoms with E-state index in [0.29, 0.717) is 18.4 Å². The molecule has 0 atom stereocenters. The van der Waals surface area contributed by atoms with Crippen molar-refractivity contribution in [3.63, 3.8) is 0 Å². The number of hydrogen-bond acceptors (Lipinski definition) is 4. The molecule has 0 N–H and O–H groups in total. The van der Waals surface area contributed by atoms with E-state index >= 15 is 0 Å². The second-order valence-electron chi connectivity index (χ2n) is 2.75. The molecule has 0 aliphatic carbocycles. The highest BCUT2D eigenvalue weighted by molar-refractivity contribution is 5.86. The average molecular weight is 185 g/mol. The van der Waals surface area contributed by atoms with Crippen molar-refractivity contribution in [2.24, 2.45) is 0 Å². The molecule has 74 valence electrons. The number of esters is 1. The number of carbonyl (C=O) groups is 2. The first-order chi connectivity index (χ1) is 6.04. The van der Waals surface area contributed by atoms with Gasteiger partial charge in [-0.15, -0.1) is 0 Å². The molecule has 0 unspecified atom stereocenters. The van der Waals surface area contributed by atoms with Gasteiger partial charge in [-0.25, -0.2) is 4.79 Å². The fraction of sp³-hybridized carbons (Fsp3) is 0.556. The van der Waals surface area contributed by atoms with Gasteiger partial charge in [-0.3, -0.25) is 0 Å². The van der Waals surface area contributed by atoms with Crippen molar-refractivity contribution < 1.29 is 19.4 Å². The van der Waals surface area contributed by atoms with Crippen molar-refractivity contribution in [3.05, 3.63) is 12.2 Å². The van der Waals surface area contributed by atoms with Crippen LogP contribution >= 0.6 is 0 Å². The van der Waals surface area contributed by atoms with Crippen LogP contribution < -0.4 is 5.11 Å². The molecule has 0 amide bonds. The van der Waals surface area contributed by atoms with Crippen LogP contribution in [0.1, 0.15) is 26.2 Å². The molecule has 0 saturated heterocycles. The van der Waals surface area contributed by atoms with Gasteiger partial charge in [0.2, 0.25) is 0 Å². The van der Waals surface area contributed by atoms with Crippen molar-refractivity contribution in [1.29, 1.82) is 0 Å². The van der Waals surface area contributed by atoms with Crippen LogP contribution in [0.4, 0.5) is 0 Å². The predicted octanol–water partition coefficient (Wildman–Crippen LogP) is 0.0259. The first-order valence-electron chi connectivity index (χ1n) is 4.06. The third kappa shape index (κ3) is 7.05. The standard InChI is InChI=1S/C9H14O4/c1-7(2)9(12)13-6-4-3-5-8(10)11/h1,3-6H2,2H3,(H,10,11)/p-1. The summed E-state index contributed by atoms with van der Waals surface area (Å²) in [4.78, 5) is 20.8. The largest absolute Gasteiger partial charge is 0.550 e. The molecule has 0 rings (SSSR count). The molecule has 0 spiro atoms. The number of carbonyl (C=O) groups excluding carboxylic acids is 2. The lowest BCUT2D eigenvalue weighted by Crippen LogP contribution is -2.21. The molecule has 0 aromatic carbocycles. The Bertz CT molecular complexity index is 208. The third-order valence-corrected chi connectivity index (χ3v) is 1.36. The van der Waals surface area contributed by atoms with E-state index in [4.69, 9.17) is 4.74 Å². The zero-order chi connectivity index (χ0) is 10.3. The van der Waals surface area contributed by atoms with Gasteiger partial charge in [0.1, 0.15) is 0 Å². The van der Waals surface area contributed by atoms with E-state index in [0.717, 1.165) is 0 Å². The summed E-state index contributed by atoms with van der Waals surface area (Å²) in [5.74, 6) is -1.51. The quantitative estimate of drug-likeness (QED) is 0.332. The summed E-state index contributed by atoms with van der Waals surface area (Å²) >= 11 is 0. The van der Waals surface area contributed by atoms with Crippen LogP contribution in [0.5, 0.6) is 0 Å². The number of unbranched alkanes of at least 4 members (excludes halogenated alkanes) is 1. The van der Waals surface area contributed by atoms with Crippen LogP contribution in [-0.2, 0) is 14.3 Å². The van der Waals surface area contributed by atoms with E-state index in [1.807, 2.05) is 0 Å². The van der Waals surface area contributed by atoms with Crippen LogP contribution in [0.15, 0.2) is 12.2 Å². The molecule has 4 heteroatoms. The normalized spacial score (nSPS) is 9.31. The van der Waals surface area contributed by atoms with Crippen molar-refractivity contribution in [2.75, 3.05) is 6.61 Å². The first-order valence-corrected chi connectivity index (χ1v) is 4.06. The highest BCUT2D eigenvalue weighted by Gasteiger charge is 2.01. The minimum Gasteiger partial charge on any atom is -0.550 e. The zero-order valence-corrected chi connectivity index (χ0v) is 7.67. The molecular weight excluding hydrogens is 172 g/mol. The molecule has 0 aliphatic heterocycles. The molecule has 0 aromatic rings. The molecule has 0 aliphatic rings. The Labute approximate surface area is 77.2 Å². The van der Waals surface area contributed by atoms with E-state index in [1.165, 1.54) is 0 Å². The molecule has 0 heterocycles. The maximum atomic E-state index is 10.8. The zero-order valence-electron chi connectivity index (χ0n) is 7.67. The molecule has 0 saturated carbocycles. The number of carboxylic acids is 1. The third-order valence-electron chi connectivity index (χ3n) is 1.36. The average Bonchev–Trinajstić information content (AvgIpc) is 2.02. The number of ether oxygens (including phenoxy) is 1. The fourth-order valence-electron chi connectivity index (χ4n) is 0.659. The summed E-state index contributed by atoms with van der Waals surface area (Å²) in [6, 6.07) is 0. The summed E-state index contributed by atoms with van der Waals surface area (Å²) in [6.45, 7) is 5.20. The Balaban J connectivity index is 3.31. The summed E-state index contributed by atoms with van der Waals surface area (Å²) in [5.41, 5.74) is 0.347. The van der Waals surface area contributed by atoms with Crippen molar-refractivity contribution in [3.8, 4) is 0 Å². The van der Waals surface area contributed by atoms with Gasteiger partial charge in [0.25, 0.3) is 0 Å². The van der Waals surface area contributed by atoms with Crippen molar-refractivity contribution in [2.45, 2.75) is 26.2 Å². The topological polar surface area (TPSA) is 66.4 Å². The Morgan fingerprint density at radius 2 is 2.00 bits per heavy atom. The van der Waals surface area contributed by atoms with E-state index in [1.54, 1.807) is 6.92 Å². The summed E-state index contributed by atoms with van der Waals surface area (Å²) in [5, 5.41) is 9.97. The fourth-order valence-corrected chi connectivity index (χ4v) is 0.659. The number of rotatable bonds is 6. The van der Waals surface area contributed by atoms with Crippen LogP contribution in [-0.4, -0.2) is 18.5 Å². The monoisotopic (exact) mass is 185 g/mol. The predicted molar refractivity (Wildman–Crippen MR) is 44.6 cm³/mol. The van der Waals surface area contributed by atoms with Gasteiger partial charge in [0.15, 0.2) is 0 Å². The lowest BCUT2D eigenvalue weighted by atomic mass is 10.2. The lowest BCUT2D eigenvalue weighted by molar-refractivity contribution is -0.305. The minimum atomic E-state index is -1.08. The molecule has 0 fully saturated rings. The first kappa shape index (κ1) is 11.7. The van der Waals surface area contributed by atoms with E-state index in [-0.39, 0.29) is 13.0 Å².